The highest BCUT2D eigenvalue weighted by Gasteiger charge is 2.31. The molecule has 33 heavy (non-hydrogen) atoms. The second kappa shape index (κ2) is 8.68. The second-order valence-electron chi connectivity index (χ2n) is 7.37. The molecule has 1 saturated heterocycles. The lowest BCUT2D eigenvalue weighted by Crippen LogP contribution is -2.25. The van der Waals surface area contributed by atoms with Gasteiger partial charge in [0.2, 0.25) is 10.0 Å². The molecule has 1 aliphatic rings. The SMILES string of the molecule is O=C(Nc1ccc(Cl)c(-c2ccc(C(F)(F)F)cn2)c1)c1ccc(N2CCCS2(=O)=O)cc1. The summed E-state index contributed by atoms with van der Waals surface area (Å²) in [7, 11) is -3.32. The first-order chi connectivity index (χ1) is 15.5. The number of benzene rings is 2. The minimum atomic E-state index is -4.50. The molecule has 4 rings (SSSR count). The van der Waals surface area contributed by atoms with E-state index in [1.165, 1.54) is 34.6 Å². The first-order valence-electron chi connectivity index (χ1n) is 9.80. The van der Waals surface area contributed by atoms with Gasteiger partial charge in [-0.2, -0.15) is 13.2 Å². The molecule has 0 unspecified atom stereocenters. The highest BCUT2D eigenvalue weighted by Crippen LogP contribution is 2.33. The highest BCUT2D eigenvalue weighted by molar-refractivity contribution is 7.93. The van der Waals surface area contributed by atoms with Gasteiger partial charge in [-0.1, -0.05) is 11.6 Å². The van der Waals surface area contributed by atoms with Crippen LogP contribution >= 0.6 is 11.6 Å². The smallest absolute Gasteiger partial charge is 0.322 e. The number of hydrogen-bond donors (Lipinski definition) is 1. The van der Waals surface area contributed by atoms with E-state index in [4.69, 9.17) is 11.6 Å². The third-order valence-electron chi connectivity index (χ3n) is 5.11. The molecule has 2 aromatic carbocycles. The van der Waals surface area contributed by atoms with Crippen LogP contribution in [-0.2, 0) is 16.2 Å². The number of nitrogens with one attached hydrogen (secondary N) is 1. The Morgan fingerprint density at radius 3 is 2.36 bits per heavy atom. The maximum atomic E-state index is 12.8. The average molecular weight is 496 g/mol. The lowest BCUT2D eigenvalue weighted by atomic mass is 10.1. The van der Waals surface area contributed by atoms with Crippen LogP contribution in [0.3, 0.4) is 0 Å². The van der Waals surface area contributed by atoms with E-state index in [1.54, 1.807) is 18.2 Å². The van der Waals surface area contributed by atoms with E-state index >= 15 is 0 Å². The van der Waals surface area contributed by atoms with Gasteiger partial charge in [0.25, 0.3) is 5.91 Å². The van der Waals surface area contributed by atoms with E-state index in [-0.39, 0.29) is 16.5 Å². The second-order valence-corrected chi connectivity index (χ2v) is 9.79. The van der Waals surface area contributed by atoms with E-state index in [1.807, 2.05) is 0 Å². The first-order valence-corrected chi connectivity index (χ1v) is 11.8. The van der Waals surface area contributed by atoms with Crippen molar-refractivity contribution in [2.24, 2.45) is 0 Å². The van der Waals surface area contributed by atoms with Gasteiger partial charge < -0.3 is 5.32 Å². The Bertz CT molecular complexity index is 1300. The van der Waals surface area contributed by atoms with Crippen molar-refractivity contribution in [2.45, 2.75) is 12.6 Å². The van der Waals surface area contributed by atoms with Crippen LogP contribution in [0.5, 0.6) is 0 Å². The number of carbonyl (C=O) groups excluding carboxylic acids is 1. The van der Waals surface area contributed by atoms with E-state index in [0.717, 1.165) is 12.3 Å². The van der Waals surface area contributed by atoms with Crippen molar-refractivity contribution in [1.29, 1.82) is 0 Å². The summed E-state index contributed by atoms with van der Waals surface area (Å²) in [5.74, 6) is -0.346. The Hall–Kier alpha value is -3.11. The van der Waals surface area contributed by atoms with Gasteiger partial charge in [0.15, 0.2) is 0 Å². The Labute approximate surface area is 193 Å². The third kappa shape index (κ3) is 4.96. The predicted octanol–water partition coefficient (Wildman–Crippen LogP) is 5.21. The van der Waals surface area contributed by atoms with Crippen molar-refractivity contribution < 1.29 is 26.4 Å². The number of carbonyl (C=O) groups is 1. The molecule has 3 aromatic rings. The normalized spacial score (nSPS) is 15.5. The van der Waals surface area contributed by atoms with Gasteiger partial charge in [0.1, 0.15) is 0 Å². The number of aromatic nitrogens is 1. The Morgan fingerprint density at radius 1 is 1.06 bits per heavy atom. The van der Waals surface area contributed by atoms with Crippen molar-refractivity contribution in [3.63, 3.8) is 0 Å². The predicted molar refractivity (Wildman–Crippen MR) is 120 cm³/mol. The summed E-state index contributed by atoms with van der Waals surface area (Å²) in [4.78, 5) is 16.5. The zero-order chi connectivity index (χ0) is 23.8. The van der Waals surface area contributed by atoms with Crippen molar-refractivity contribution in [3.8, 4) is 11.3 Å². The van der Waals surface area contributed by atoms with Gasteiger partial charge in [0.05, 0.1) is 27.7 Å². The molecule has 1 fully saturated rings. The number of sulfonamides is 1. The summed E-state index contributed by atoms with van der Waals surface area (Å²) in [5, 5.41) is 2.96. The Kier molecular flexibility index (Phi) is 6.06. The number of alkyl halides is 3. The summed E-state index contributed by atoms with van der Waals surface area (Å²) in [6, 6.07) is 12.9. The van der Waals surface area contributed by atoms with Crippen LogP contribution in [0.1, 0.15) is 22.3 Å². The number of nitrogens with zero attached hydrogens (tertiary/aromatic N) is 2. The lowest BCUT2D eigenvalue weighted by Gasteiger charge is -2.17. The quantitative estimate of drug-likeness (QED) is 0.538. The molecular weight excluding hydrogens is 479 g/mol. The lowest BCUT2D eigenvalue weighted by molar-refractivity contribution is -0.137. The van der Waals surface area contributed by atoms with Gasteiger partial charge in [-0.15, -0.1) is 0 Å². The Balaban J connectivity index is 1.52. The van der Waals surface area contributed by atoms with Crippen LogP contribution < -0.4 is 9.62 Å². The molecule has 172 valence electrons. The fourth-order valence-corrected chi connectivity index (χ4v) is 5.21. The van der Waals surface area contributed by atoms with E-state index in [0.29, 0.717) is 35.5 Å². The van der Waals surface area contributed by atoms with E-state index < -0.39 is 27.7 Å². The van der Waals surface area contributed by atoms with Crippen molar-refractivity contribution in [3.05, 3.63) is 76.9 Å². The molecular formula is C22H17ClF3N3O3S. The molecule has 0 saturated carbocycles. The molecule has 11 heteroatoms. The fraction of sp³-hybridized carbons (Fsp3) is 0.182. The number of rotatable bonds is 4. The minimum Gasteiger partial charge on any atom is -0.322 e. The zero-order valence-corrected chi connectivity index (χ0v) is 18.5. The number of pyridine rings is 1. The topological polar surface area (TPSA) is 79.4 Å². The summed E-state index contributed by atoms with van der Waals surface area (Å²) >= 11 is 6.19. The molecule has 1 N–H and O–H groups in total. The first kappa shape index (κ1) is 23.1. The maximum absolute atomic E-state index is 12.8. The summed E-state index contributed by atoms with van der Waals surface area (Å²) in [5.41, 5.74) is 0.869. The summed E-state index contributed by atoms with van der Waals surface area (Å²) in [6.07, 6.45) is -3.23. The van der Waals surface area contributed by atoms with Crippen LogP contribution in [0.4, 0.5) is 24.5 Å². The molecule has 2 heterocycles. The zero-order valence-electron chi connectivity index (χ0n) is 16.9. The molecule has 1 aromatic heterocycles. The van der Waals surface area contributed by atoms with E-state index in [9.17, 15) is 26.4 Å². The number of halogens is 4. The van der Waals surface area contributed by atoms with Crippen LogP contribution in [0.25, 0.3) is 11.3 Å². The third-order valence-corrected chi connectivity index (χ3v) is 7.31. The van der Waals surface area contributed by atoms with Crippen molar-refractivity contribution in [1.82, 2.24) is 4.98 Å². The number of amides is 1. The van der Waals surface area contributed by atoms with Crippen LogP contribution in [-0.4, -0.2) is 31.6 Å². The van der Waals surface area contributed by atoms with Gasteiger partial charge in [-0.25, -0.2) is 8.42 Å². The fourth-order valence-electron chi connectivity index (χ4n) is 3.43. The van der Waals surface area contributed by atoms with Gasteiger partial charge >= 0.3 is 6.18 Å². The minimum absolute atomic E-state index is 0.0991. The Morgan fingerprint density at radius 2 is 1.79 bits per heavy atom. The number of anilines is 2. The summed E-state index contributed by atoms with van der Waals surface area (Å²) < 4.78 is 63.7. The van der Waals surface area contributed by atoms with Crippen molar-refractivity contribution in [2.75, 3.05) is 21.9 Å². The average Bonchev–Trinajstić information content (AvgIpc) is 3.13. The molecule has 6 nitrogen and oxygen atoms in total. The summed E-state index contributed by atoms with van der Waals surface area (Å²) in [6.45, 7) is 0.402. The standard InChI is InChI=1S/C22H17ClF3N3O3S/c23-19-8-5-16(12-18(19)20-9-4-15(13-27-20)22(24,25)26)28-21(30)14-2-6-17(7-3-14)29-10-1-11-33(29,31)32/h2-9,12-13H,1,10-11H2,(H,28,30). The van der Waals surface area contributed by atoms with Gasteiger partial charge in [-0.3, -0.25) is 14.1 Å². The highest BCUT2D eigenvalue weighted by atomic mass is 35.5. The maximum Gasteiger partial charge on any atom is 0.417 e. The molecule has 0 spiro atoms. The van der Waals surface area contributed by atoms with Gasteiger partial charge in [0, 0.05) is 29.6 Å². The monoisotopic (exact) mass is 495 g/mol. The van der Waals surface area contributed by atoms with Crippen LogP contribution in [0, 0.1) is 0 Å². The van der Waals surface area contributed by atoms with Crippen LogP contribution in [0.15, 0.2) is 60.8 Å². The van der Waals surface area contributed by atoms with Crippen molar-refractivity contribution >= 4 is 38.9 Å². The molecule has 0 bridgehead atoms. The van der Waals surface area contributed by atoms with Crippen LogP contribution in [0.2, 0.25) is 5.02 Å². The van der Waals surface area contributed by atoms with Gasteiger partial charge in [-0.05, 0) is 61.0 Å². The largest absolute Gasteiger partial charge is 0.417 e. The molecule has 0 atom stereocenters. The molecule has 0 aliphatic carbocycles. The molecule has 1 amide bonds. The number of hydrogen-bond acceptors (Lipinski definition) is 4. The van der Waals surface area contributed by atoms with E-state index in [2.05, 4.69) is 10.3 Å². The molecule has 1 aliphatic heterocycles. The molecule has 0 radical (unpaired) electrons.